The molecule has 1 amide bonds. The van der Waals surface area contributed by atoms with Crippen molar-refractivity contribution < 1.29 is 24.4 Å². The van der Waals surface area contributed by atoms with Gasteiger partial charge in [-0.1, -0.05) is 0 Å². The van der Waals surface area contributed by atoms with Crippen LogP contribution in [0.3, 0.4) is 0 Å². The van der Waals surface area contributed by atoms with E-state index in [1.165, 1.54) is 4.90 Å². The molecule has 0 saturated carbocycles. The summed E-state index contributed by atoms with van der Waals surface area (Å²) in [7, 11) is 0. The van der Waals surface area contributed by atoms with E-state index in [9.17, 15) is 19.7 Å². The van der Waals surface area contributed by atoms with Gasteiger partial charge in [-0.25, -0.2) is 4.79 Å². The number of nitrogens with one attached hydrogen (secondary N) is 1. The second-order valence-electron chi connectivity index (χ2n) is 4.82. The van der Waals surface area contributed by atoms with E-state index in [1.807, 2.05) is 0 Å². The third kappa shape index (κ3) is 2.77. The number of hydrogen-bond acceptors (Lipinski definition) is 5. The number of carboxylic acid groups (broad SMARTS) is 1. The molecule has 0 aliphatic carbocycles. The fourth-order valence-corrected chi connectivity index (χ4v) is 2.01. The van der Waals surface area contributed by atoms with Crippen LogP contribution in [-0.2, 0) is 9.53 Å². The summed E-state index contributed by atoms with van der Waals surface area (Å²) in [6.45, 7) is 1.77. The molecule has 0 unspecified atom stereocenters. The number of hydrogen-bond donors (Lipinski definition) is 2. The number of aromatic amines is 1. The lowest BCUT2D eigenvalue weighted by molar-refractivity contribution is -0.384. The molecule has 1 aromatic heterocycles. The second kappa shape index (κ2) is 4.93. The van der Waals surface area contributed by atoms with E-state index in [-0.39, 0.29) is 30.4 Å². The highest BCUT2D eigenvalue weighted by Gasteiger charge is 2.43. The van der Waals surface area contributed by atoms with Crippen molar-refractivity contribution >= 4 is 17.6 Å². The average molecular weight is 283 g/mol. The van der Waals surface area contributed by atoms with Crippen molar-refractivity contribution in [2.75, 3.05) is 19.7 Å². The van der Waals surface area contributed by atoms with Gasteiger partial charge in [0, 0.05) is 6.07 Å². The zero-order valence-electron chi connectivity index (χ0n) is 10.7. The van der Waals surface area contributed by atoms with Crippen LogP contribution in [-0.4, -0.2) is 57.1 Å². The minimum absolute atomic E-state index is 0.122. The zero-order chi connectivity index (χ0) is 14.9. The number of H-pyrrole nitrogens is 1. The maximum atomic E-state index is 12.0. The van der Waals surface area contributed by atoms with Crippen LogP contribution in [0.2, 0.25) is 0 Å². The van der Waals surface area contributed by atoms with Crippen LogP contribution in [0.15, 0.2) is 12.3 Å². The largest absolute Gasteiger partial charge is 0.480 e. The molecule has 9 heteroatoms. The third-order valence-electron chi connectivity index (χ3n) is 2.99. The smallest absolute Gasteiger partial charge is 0.329 e. The number of nitrogens with zero attached hydrogens (tertiary/aromatic N) is 2. The second-order valence-corrected chi connectivity index (χ2v) is 4.82. The van der Waals surface area contributed by atoms with Gasteiger partial charge in [-0.15, -0.1) is 0 Å². The van der Waals surface area contributed by atoms with E-state index in [2.05, 4.69) is 4.98 Å². The predicted molar refractivity (Wildman–Crippen MR) is 65.3 cm³/mol. The van der Waals surface area contributed by atoms with Crippen molar-refractivity contribution in [2.24, 2.45) is 0 Å². The molecule has 2 heterocycles. The van der Waals surface area contributed by atoms with Crippen LogP contribution < -0.4 is 0 Å². The van der Waals surface area contributed by atoms with Gasteiger partial charge >= 0.3 is 5.97 Å². The molecule has 1 fully saturated rings. The van der Waals surface area contributed by atoms with Gasteiger partial charge in [0.1, 0.15) is 17.9 Å². The van der Waals surface area contributed by atoms with Gasteiger partial charge in [0.05, 0.1) is 24.2 Å². The molecular weight excluding hydrogens is 270 g/mol. The normalized spacial score (nSPS) is 16.6. The van der Waals surface area contributed by atoms with Gasteiger partial charge in [-0.2, -0.15) is 0 Å². The quantitative estimate of drug-likeness (QED) is 0.588. The van der Waals surface area contributed by atoms with Gasteiger partial charge in [0.25, 0.3) is 11.6 Å². The Bertz CT molecular complexity index is 560. The minimum atomic E-state index is -1.07. The Kier molecular flexibility index (Phi) is 3.45. The van der Waals surface area contributed by atoms with E-state index >= 15 is 0 Å². The number of amides is 1. The molecule has 0 spiro atoms. The van der Waals surface area contributed by atoms with E-state index < -0.39 is 23.1 Å². The molecular formula is C11H13N3O6. The van der Waals surface area contributed by atoms with Crippen LogP contribution in [0.25, 0.3) is 0 Å². The summed E-state index contributed by atoms with van der Waals surface area (Å²) in [5.74, 6) is -1.45. The number of aromatic nitrogens is 1. The third-order valence-corrected chi connectivity index (χ3v) is 2.99. The molecule has 0 atom stereocenters. The number of rotatable bonds is 5. The number of likely N-dealkylation sites (tertiary alicyclic amines) is 1. The van der Waals surface area contributed by atoms with Crippen molar-refractivity contribution in [1.82, 2.24) is 9.88 Å². The molecule has 20 heavy (non-hydrogen) atoms. The summed E-state index contributed by atoms with van der Waals surface area (Å²) < 4.78 is 5.17. The number of ether oxygens (including phenoxy) is 1. The summed E-state index contributed by atoms with van der Waals surface area (Å²) in [5, 5.41) is 19.1. The van der Waals surface area contributed by atoms with E-state index in [4.69, 9.17) is 9.84 Å². The van der Waals surface area contributed by atoms with Crippen LogP contribution in [0.5, 0.6) is 0 Å². The Morgan fingerprint density at radius 2 is 2.25 bits per heavy atom. The van der Waals surface area contributed by atoms with Crippen molar-refractivity contribution in [3.8, 4) is 0 Å². The summed E-state index contributed by atoms with van der Waals surface area (Å²) >= 11 is 0. The first kappa shape index (κ1) is 14.0. The van der Waals surface area contributed by atoms with Crippen LogP contribution in [0.4, 0.5) is 5.69 Å². The SMILES string of the molecule is CC1(OCC(=O)O)CN(C(=O)c2cc([N+](=O)[O-])c[nH]2)C1. The van der Waals surface area contributed by atoms with Gasteiger partial charge in [0.15, 0.2) is 0 Å². The molecule has 1 aliphatic heterocycles. The average Bonchev–Trinajstić information content (AvgIpc) is 2.81. The first-order chi connectivity index (χ1) is 9.31. The van der Waals surface area contributed by atoms with Gasteiger partial charge < -0.3 is 19.7 Å². The fraction of sp³-hybridized carbons (Fsp3) is 0.455. The number of aliphatic carboxylic acids is 1. The predicted octanol–water partition coefficient (Wildman–Crippen LogP) is 0.239. The first-order valence-electron chi connectivity index (χ1n) is 5.78. The summed E-state index contributed by atoms with van der Waals surface area (Å²) in [6, 6.07) is 1.16. The molecule has 2 N–H and O–H groups in total. The molecule has 1 aliphatic rings. The Balaban J connectivity index is 1.92. The van der Waals surface area contributed by atoms with Crippen LogP contribution >= 0.6 is 0 Å². The molecule has 0 radical (unpaired) electrons. The Labute approximate surface area is 113 Å². The van der Waals surface area contributed by atoms with E-state index in [0.29, 0.717) is 0 Å². The van der Waals surface area contributed by atoms with Crippen molar-refractivity contribution in [1.29, 1.82) is 0 Å². The lowest BCUT2D eigenvalue weighted by atomic mass is 9.96. The van der Waals surface area contributed by atoms with Crippen molar-refractivity contribution in [3.05, 3.63) is 28.1 Å². The van der Waals surface area contributed by atoms with Crippen molar-refractivity contribution in [3.63, 3.8) is 0 Å². The van der Waals surface area contributed by atoms with E-state index in [1.54, 1.807) is 6.92 Å². The van der Waals surface area contributed by atoms with Crippen LogP contribution in [0.1, 0.15) is 17.4 Å². The zero-order valence-corrected chi connectivity index (χ0v) is 10.7. The van der Waals surface area contributed by atoms with Gasteiger partial charge in [-0.3, -0.25) is 14.9 Å². The molecule has 108 valence electrons. The van der Waals surface area contributed by atoms with Crippen LogP contribution in [0, 0.1) is 10.1 Å². The molecule has 2 rings (SSSR count). The Morgan fingerprint density at radius 1 is 1.60 bits per heavy atom. The number of carbonyl (C=O) groups excluding carboxylic acids is 1. The Morgan fingerprint density at radius 3 is 2.75 bits per heavy atom. The molecule has 0 bridgehead atoms. The minimum Gasteiger partial charge on any atom is -0.480 e. The highest BCUT2D eigenvalue weighted by Crippen LogP contribution is 2.26. The number of carbonyl (C=O) groups is 2. The maximum Gasteiger partial charge on any atom is 0.329 e. The number of nitro groups is 1. The summed E-state index contributed by atoms with van der Waals surface area (Å²) in [6.07, 6.45) is 1.15. The maximum absolute atomic E-state index is 12.0. The molecule has 1 saturated heterocycles. The van der Waals surface area contributed by atoms with Gasteiger partial charge in [-0.05, 0) is 6.92 Å². The highest BCUT2D eigenvalue weighted by atomic mass is 16.6. The Hall–Kier alpha value is -2.42. The van der Waals surface area contributed by atoms with E-state index in [0.717, 1.165) is 12.3 Å². The first-order valence-corrected chi connectivity index (χ1v) is 5.78. The number of carboxylic acids is 1. The summed E-state index contributed by atoms with van der Waals surface area (Å²) in [4.78, 5) is 36.3. The topological polar surface area (TPSA) is 126 Å². The summed E-state index contributed by atoms with van der Waals surface area (Å²) in [5.41, 5.74) is -0.747. The van der Waals surface area contributed by atoms with Gasteiger partial charge in [0.2, 0.25) is 0 Å². The van der Waals surface area contributed by atoms with Crippen molar-refractivity contribution in [2.45, 2.75) is 12.5 Å². The lowest BCUT2D eigenvalue weighted by Gasteiger charge is -2.46. The molecule has 1 aromatic rings. The highest BCUT2D eigenvalue weighted by molar-refractivity contribution is 5.94. The lowest BCUT2D eigenvalue weighted by Crippen LogP contribution is -2.63. The molecule has 9 nitrogen and oxygen atoms in total. The molecule has 0 aromatic carbocycles. The standard InChI is InChI=1S/C11H13N3O6/c1-11(20-4-9(15)16)5-13(6-11)10(17)8-2-7(3-12-8)14(18)19/h2-3,12H,4-6H2,1H3,(H,15,16). The fourth-order valence-electron chi connectivity index (χ4n) is 2.01. The monoisotopic (exact) mass is 283 g/mol.